The maximum absolute atomic E-state index is 12.6. The molecule has 0 aliphatic rings. The van der Waals surface area contributed by atoms with Crippen LogP contribution < -0.4 is 16.1 Å². The van der Waals surface area contributed by atoms with Gasteiger partial charge >= 0.3 is 13.7 Å². The van der Waals surface area contributed by atoms with Gasteiger partial charge < -0.3 is 20.3 Å². The molecule has 0 aromatic heterocycles. The normalized spacial score (nSPS) is 14.7. The van der Waals surface area contributed by atoms with Crippen LogP contribution in [0.4, 0.5) is 4.79 Å². The van der Waals surface area contributed by atoms with Gasteiger partial charge in [0.25, 0.3) is 5.91 Å². The van der Waals surface area contributed by atoms with Gasteiger partial charge in [-0.3, -0.25) is 14.2 Å². The molecule has 0 radical (unpaired) electrons. The van der Waals surface area contributed by atoms with Crippen molar-refractivity contribution in [2.45, 2.75) is 58.2 Å². The Bertz CT molecular complexity index is 739. The Labute approximate surface area is 176 Å². The van der Waals surface area contributed by atoms with E-state index < -0.39 is 37.6 Å². The molecule has 0 spiro atoms. The van der Waals surface area contributed by atoms with Gasteiger partial charge in [-0.2, -0.15) is 4.62 Å². The molecule has 1 aromatic carbocycles. The van der Waals surface area contributed by atoms with Gasteiger partial charge in [0.1, 0.15) is 18.7 Å². The summed E-state index contributed by atoms with van der Waals surface area (Å²) < 4.78 is 20.7. The first-order chi connectivity index (χ1) is 14.2. The molecule has 0 heterocycles. The number of carbonyl (C=O) groups is 3. The van der Waals surface area contributed by atoms with Crippen LogP contribution in [0.15, 0.2) is 30.3 Å². The van der Waals surface area contributed by atoms with Crippen LogP contribution >= 0.6 is 7.60 Å². The highest BCUT2D eigenvalue weighted by Crippen LogP contribution is 2.34. The summed E-state index contributed by atoms with van der Waals surface area (Å²) in [5, 5.41) is 5.06. The Kier molecular flexibility index (Phi) is 11.1. The maximum Gasteiger partial charge on any atom is 0.408 e. The van der Waals surface area contributed by atoms with E-state index >= 15 is 0 Å². The number of hydroxylamine groups is 1. The minimum atomic E-state index is -3.91. The highest BCUT2D eigenvalue weighted by Gasteiger charge is 2.27. The van der Waals surface area contributed by atoms with Crippen molar-refractivity contribution in [2.75, 3.05) is 6.66 Å². The van der Waals surface area contributed by atoms with Crippen LogP contribution in [-0.4, -0.2) is 41.5 Å². The molecular weight excluding hydrogens is 413 g/mol. The van der Waals surface area contributed by atoms with E-state index in [9.17, 15) is 18.9 Å². The lowest BCUT2D eigenvalue weighted by atomic mass is 10.1. The van der Waals surface area contributed by atoms with Gasteiger partial charge in [-0.15, -0.1) is 0 Å². The highest BCUT2D eigenvalue weighted by atomic mass is 31.2. The first kappa shape index (κ1) is 25.6. The molecule has 3 atom stereocenters. The summed E-state index contributed by atoms with van der Waals surface area (Å²) in [5.41, 5.74) is 2.69. The average Bonchev–Trinajstić information content (AvgIpc) is 2.70. The molecule has 168 valence electrons. The van der Waals surface area contributed by atoms with Crippen molar-refractivity contribution in [2.24, 2.45) is 0 Å². The Hall–Kier alpha value is -2.42. The summed E-state index contributed by atoms with van der Waals surface area (Å²) >= 11 is 0. The molecule has 0 saturated carbocycles. The largest absolute Gasteiger partial charge is 0.445 e. The lowest BCUT2D eigenvalue weighted by Crippen LogP contribution is -2.53. The van der Waals surface area contributed by atoms with Crippen LogP contribution in [0.5, 0.6) is 0 Å². The third-order valence-electron chi connectivity index (χ3n) is 3.92. The number of hydrogen-bond acceptors (Lipinski definition) is 6. The second kappa shape index (κ2) is 13.0. The number of carbonyl (C=O) groups excluding carboxylic acids is 3. The average molecular weight is 443 g/mol. The SMILES string of the molecule is CCC[C@H](NC(=O)OCc1ccccc1)C(=O)N[C@@H](CCC)C(=O)NOP(C)(=O)O. The van der Waals surface area contributed by atoms with Gasteiger partial charge in [-0.1, -0.05) is 57.0 Å². The minimum Gasteiger partial charge on any atom is -0.445 e. The Morgan fingerprint density at radius 3 is 2.10 bits per heavy atom. The van der Waals surface area contributed by atoms with E-state index in [4.69, 9.17) is 9.63 Å². The van der Waals surface area contributed by atoms with Crippen molar-refractivity contribution in [3.05, 3.63) is 35.9 Å². The van der Waals surface area contributed by atoms with E-state index in [2.05, 4.69) is 15.3 Å². The molecule has 4 N–H and O–H groups in total. The Balaban J connectivity index is 2.66. The van der Waals surface area contributed by atoms with Crippen LogP contribution in [0.2, 0.25) is 0 Å². The van der Waals surface area contributed by atoms with Crippen molar-refractivity contribution >= 4 is 25.5 Å². The van der Waals surface area contributed by atoms with E-state index in [0.717, 1.165) is 12.2 Å². The highest BCUT2D eigenvalue weighted by molar-refractivity contribution is 7.51. The molecule has 0 aliphatic carbocycles. The molecule has 0 aliphatic heterocycles. The molecule has 10 nitrogen and oxygen atoms in total. The number of hydrogen-bond donors (Lipinski definition) is 4. The van der Waals surface area contributed by atoms with Gasteiger partial charge in [-0.05, 0) is 18.4 Å². The van der Waals surface area contributed by atoms with Crippen molar-refractivity contribution < 1.29 is 33.2 Å². The van der Waals surface area contributed by atoms with Crippen LogP contribution in [-0.2, 0) is 30.1 Å². The van der Waals surface area contributed by atoms with Gasteiger partial charge in [0.15, 0.2) is 0 Å². The third-order valence-corrected chi connectivity index (χ3v) is 4.35. The molecule has 0 fully saturated rings. The number of ether oxygens (including phenoxy) is 1. The predicted molar refractivity (Wildman–Crippen MR) is 110 cm³/mol. The predicted octanol–water partition coefficient (Wildman–Crippen LogP) is 2.23. The number of benzene rings is 1. The van der Waals surface area contributed by atoms with Crippen LogP contribution in [0.1, 0.15) is 45.1 Å². The number of nitrogens with one attached hydrogen (secondary N) is 3. The molecule has 0 bridgehead atoms. The fourth-order valence-electron chi connectivity index (χ4n) is 2.50. The lowest BCUT2D eigenvalue weighted by Gasteiger charge is -2.22. The lowest BCUT2D eigenvalue weighted by molar-refractivity contribution is -0.134. The quantitative estimate of drug-likeness (QED) is 0.286. The molecule has 1 aromatic rings. The zero-order valence-corrected chi connectivity index (χ0v) is 18.3. The van der Waals surface area contributed by atoms with Crippen LogP contribution in [0.25, 0.3) is 0 Å². The topological polar surface area (TPSA) is 143 Å². The summed E-state index contributed by atoms with van der Waals surface area (Å²) in [6.45, 7) is 4.64. The second-order valence-corrected chi connectivity index (χ2v) is 8.55. The van der Waals surface area contributed by atoms with Crippen molar-refractivity contribution in [1.82, 2.24) is 16.1 Å². The fourth-order valence-corrected chi connectivity index (χ4v) is 2.75. The number of amides is 3. The second-order valence-electron chi connectivity index (χ2n) is 6.76. The molecule has 0 saturated heterocycles. The fraction of sp³-hybridized carbons (Fsp3) is 0.526. The maximum atomic E-state index is 12.6. The molecule has 1 unspecified atom stereocenters. The van der Waals surface area contributed by atoms with E-state index in [-0.39, 0.29) is 13.0 Å². The summed E-state index contributed by atoms with van der Waals surface area (Å²) in [7, 11) is -3.91. The standard InChI is InChI=1S/C19H30N3O7P/c1-4-9-15(21-19(25)28-13-14-11-7-6-8-12-14)17(23)20-16(10-5-2)18(24)22-29-30(3,26)27/h6-8,11-12,15-16H,4-5,9-10,13H2,1-3H3,(H,20,23)(H,21,25)(H,22,24)(H,26,27)/t15-,16-/m0/s1. The first-order valence-corrected chi connectivity index (χ1v) is 11.7. The zero-order valence-electron chi connectivity index (χ0n) is 17.4. The van der Waals surface area contributed by atoms with Crippen LogP contribution in [0, 0.1) is 0 Å². The minimum absolute atomic E-state index is 0.0591. The summed E-state index contributed by atoms with van der Waals surface area (Å²) in [6.07, 6.45) is 1.03. The molecule has 30 heavy (non-hydrogen) atoms. The van der Waals surface area contributed by atoms with E-state index in [1.165, 1.54) is 0 Å². The molecule has 3 amide bonds. The Morgan fingerprint density at radius 1 is 1.00 bits per heavy atom. The molecular formula is C19H30N3O7P. The van der Waals surface area contributed by atoms with E-state index in [1.54, 1.807) is 12.1 Å². The third kappa shape index (κ3) is 10.4. The van der Waals surface area contributed by atoms with Crippen molar-refractivity contribution in [1.29, 1.82) is 0 Å². The first-order valence-electron chi connectivity index (χ1n) is 9.72. The molecule has 1 rings (SSSR count). The number of alkyl carbamates (subject to hydrolysis) is 1. The van der Waals surface area contributed by atoms with Gasteiger partial charge in [0.05, 0.1) is 0 Å². The Morgan fingerprint density at radius 2 is 1.57 bits per heavy atom. The smallest absolute Gasteiger partial charge is 0.408 e. The van der Waals surface area contributed by atoms with Crippen LogP contribution in [0.3, 0.4) is 0 Å². The van der Waals surface area contributed by atoms with Crippen molar-refractivity contribution in [3.63, 3.8) is 0 Å². The van der Waals surface area contributed by atoms with E-state index in [1.807, 2.05) is 37.5 Å². The monoisotopic (exact) mass is 443 g/mol. The van der Waals surface area contributed by atoms with Crippen molar-refractivity contribution in [3.8, 4) is 0 Å². The summed E-state index contributed by atoms with van der Waals surface area (Å²) in [4.78, 5) is 46.0. The van der Waals surface area contributed by atoms with Gasteiger partial charge in [0.2, 0.25) is 5.91 Å². The van der Waals surface area contributed by atoms with Gasteiger partial charge in [0, 0.05) is 6.66 Å². The summed E-state index contributed by atoms with van der Waals surface area (Å²) in [6, 6.07) is 7.21. The summed E-state index contributed by atoms with van der Waals surface area (Å²) in [5.74, 6) is -1.32. The van der Waals surface area contributed by atoms with E-state index in [0.29, 0.717) is 19.3 Å². The molecule has 11 heteroatoms. The van der Waals surface area contributed by atoms with Gasteiger partial charge in [-0.25, -0.2) is 10.3 Å². The number of rotatable bonds is 12. The zero-order chi connectivity index (χ0) is 22.6.